The van der Waals surface area contributed by atoms with Crippen molar-refractivity contribution in [1.82, 2.24) is 4.72 Å². The van der Waals surface area contributed by atoms with Gasteiger partial charge in [-0.15, -0.1) is 0 Å². The summed E-state index contributed by atoms with van der Waals surface area (Å²) in [6, 6.07) is 1.93. The van der Waals surface area contributed by atoms with E-state index >= 15 is 0 Å². The Kier molecular flexibility index (Phi) is 6.30. The predicted molar refractivity (Wildman–Crippen MR) is 86.5 cm³/mol. The lowest BCUT2D eigenvalue weighted by molar-refractivity contribution is 0.313. The summed E-state index contributed by atoms with van der Waals surface area (Å²) in [5, 5.41) is 11.5. The number of halogens is 3. The maximum Gasteiger partial charge on any atom is 0.244 e. The fourth-order valence-electron chi connectivity index (χ4n) is 1.61. The molecule has 0 aliphatic carbocycles. The molecule has 6 nitrogen and oxygen atoms in total. The second kappa shape index (κ2) is 7.15. The van der Waals surface area contributed by atoms with Crippen molar-refractivity contribution in [2.24, 2.45) is 16.8 Å². The van der Waals surface area contributed by atoms with Crippen molar-refractivity contribution in [3.05, 3.63) is 26.7 Å². The number of benzene rings is 1. The molecule has 0 fully saturated rings. The van der Waals surface area contributed by atoms with E-state index in [1.54, 1.807) is 13.8 Å². The van der Waals surface area contributed by atoms with Crippen LogP contribution < -0.4 is 10.5 Å². The highest BCUT2D eigenvalue weighted by molar-refractivity contribution is 9.10. The Labute approximate surface area is 141 Å². The lowest BCUT2D eigenvalue weighted by Crippen LogP contribution is -2.47. The molecule has 1 rings (SSSR count). The molecule has 1 atom stereocenters. The topological polar surface area (TPSA) is 105 Å². The van der Waals surface area contributed by atoms with Crippen LogP contribution in [-0.2, 0) is 10.0 Å². The predicted octanol–water partition coefficient (Wildman–Crippen LogP) is 2.81. The standard InChI is InChI=1S/C11H14BrCl2N3O3S/c1-5(2)9(11(15)16-18)17-21(19,20)10-7(13)3-6(12)4-8(10)14/h3-5,9,17-18H,1-2H3,(H2,15,16). The quantitative estimate of drug-likeness (QED) is 0.296. The van der Waals surface area contributed by atoms with Crippen molar-refractivity contribution in [3.8, 4) is 0 Å². The second-order valence-electron chi connectivity index (χ2n) is 4.57. The number of amidine groups is 1. The third kappa shape index (κ3) is 4.46. The van der Waals surface area contributed by atoms with Crippen molar-refractivity contribution >= 4 is 55.0 Å². The van der Waals surface area contributed by atoms with Crippen molar-refractivity contribution in [1.29, 1.82) is 0 Å². The number of nitrogens with zero attached hydrogens (tertiary/aromatic N) is 1. The molecular weight excluding hydrogens is 405 g/mol. The van der Waals surface area contributed by atoms with Gasteiger partial charge in [-0.05, 0) is 18.1 Å². The van der Waals surface area contributed by atoms with Gasteiger partial charge in [-0.3, -0.25) is 0 Å². The Morgan fingerprint density at radius 3 is 2.24 bits per heavy atom. The van der Waals surface area contributed by atoms with E-state index in [9.17, 15) is 8.42 Å². The van der Waals surface area contributed by atoms with Crippen LogP contribution in [0.4, 0.5) is 0 Å². The maximum absolute atomic E-state index is 12.4. The van der Waals surface area contributed by atoms with E-state index < -0.39 is 16.1 Å². The van der Waals surface area contributed by atoms with Crippen molar-refractivity contribution < 1.29 is 13.6 Å². The summed E-state index contributed by atoms with van der Waals surface area (Å²) in [4.78, 5) is -0.259. The smallest absolute Gasteiger partial charge is 0.244 e. The van der Waals surface area contributed by atoms with Crippen LogP contribution in [0.25, 0.3) is 0 Å². The van der Waals surface area contributed by atoms with E-state index in [1.807, 2.05) is 0 Å². The molecule has 0 aliphatic heterocycles. The Balaban J connectivity index is 3.30. The van der Waals surface area contributed by atoms with Gasteiger partial charge in [0.1, 0.15) is 4.90 Å². The van der Waals surface area contributed by atoms with Crippen LogP contribution in [0.2, 0.25) is 10.0 Å². The molecule has 0 aromatic heterocycles. The largest absolute Gasteiger partial charge is 0.409 e. The molecule has 1 aromatic rings. The number of hydrogen-bond donors (Lipinski definition) is 3. The number of oxime groups is 1. The third-order valence-electron chi connectivity index (χ3n) is 2.61. The molecule has 1 unspecified atom stereocenters. The fraction of sp³-hybridized carbons (Fsp3) is 0.364. The molecule has 0 bridgehead atoms. The summed E-state index contributed by atoms with van der Waals surface area (Å²) >= 11 is 15.1. The van der Waals surface area contributed by atoms with E-state index in [2.05, 4.69) is 25.8 Å². The first-order valence-corrected chi connectivity index (χ1v) is 8.77. The zero-order valence-electron chi connectivity index (χ0n) is 11.1. The summed E-state index contributed by atoms with van der Waals surface area (Å²) in [7, 11) is -4.04. The molecule has 0 heterocycles. The minimum Gasteiger partial charge on any atom is -0.409 e. The third-order valence-corrected chi connectivity index (χ3v) is 5.43. The first-order valence-electron chi connectivity index (χ1n) is 5.74. The zero-order valence-corrected chi connectivity index (χ0v) is 15.1. The van der Waals surface area contributed by atoms with E-state index in [0.29, 0.717) is 4.47 Å². The van der Waals surface area contributed by atoms with Gasteiger partial charge in [-0.25, -0.2) is 13.1 Å². The molecule has 4 N–H and O–H groups in total. The summed E-state index contributed by atoms with van der Waals surface area (Å²) in [6.45, 7) is 3.44. The average molecular weight is 419 g/mol. The molecule has 1 aromatic carbocycles. The SMILES string of the molecule is CC(C)C(NS(=O)(=O)c1c(Cl)cc(Br)cc1Cl)C(N)=NO. The summed E-state index contributed by atoms with van der Waals surface area (Å²) in [6.07, 6.45) is 0. The average Bonchev–Trinajstić information content (AvgIpc) is 2.33. The summed E-state index contributed by atoms with van der Waals surface area (Å²) in [5.74, 6) is -0.499. The van der Waals surface area contributed by atoms with Crippen LogP contribution >= 0.6 is 39.1 Å². The van der Waals surface area contributed by atoms with Crippen molar-refractivity contribution in [2.45, 2.75) is 24.8 Å². The molecule has 10 heteroatoms. The molecule has 0 saturated carbocycles. The number of nitrogens with one attached hydrogen (secondary N) is 1. The van der Waals surface area contributed by atoms with Crippen molar-refractivity contribution in [3.63, 3.8) is 0 Å². The Morgan fingerprint density at radius 2 is 1.86 bits per heavy atom. The molecule has 0 radical (unpaired) electrons. The van der Waals surface area contributed by atoms with Gasteiger partial charge in [0.05, 0.1) is 16.1 Å². The van der Waals surface area contributed by atoms with Crippen LogP contribution in [0.3, 0.4) is 0 Å². The Morgan fingerprint density at radius 1 is 1.38 bits per heavy atom. The van der Waals surface area contributed by atoms with Gasteiger partial charge in [0.25, 0.3) is 0 Å². The van der Waals surface area contributed by atoms with Gasteiger partial charge in [-0.2, -0.15) is 0 Å². The summed E-state index contributed by atoms with van der Waals surface area (Å²) in [5.41, 5.74) is 5.50. The fourth-order valence-corrected chi connectivity index (χ4v) is 4.91. The minimum atomic E-state index is -4.04. The van der Waals surface area contributed by atoms with Gasteiger partial charge in [-0.1, -0.05) is 58.1 Å². The number of sulfonamides is 1. The normalized spacial score (nSPS) is 14.5. The lowest BCUT2D eigenvalue weighted by Gasteiger charge is -2.21. The summed E-state index contributed by atoms with van der Waals surface area (Å²) < 4.78 is 27.7. The van der Waals surface area contributed by atoms with E-state index in [-0.39, 0.29) is 26.7 Å². The van der Waals surface area contributed by atoms with E-state index in [0.717, 1.165) is 0 Å². The van der Waals surface area contributed by atoms with Gasteiger partial charge >= 0.3 is 0 Å². The Bertz CT molecular complexity index is 642. The number of nitrogens with two attached hydrogens (primary N) is 1. The van der Waals surface area contributed by atoms with Crippen LogP contribution in [0.15, 0.2) is 26.7 Å². The van der Waals surface area contributed by atoms with Gasteiger partial charge in [0.15, 0.2) is 5.84 Å². The van der Waals surface area contributed by atoms with E-state index in [1.165, 1.54) is 12.1 Å². The first kappa shape index (κ1) is 18.5. The highest BCUT2D eigenvalue weighted by Gasteiger charge is 2.29. The van der Waals surface area contributed by atoms with Crippen LogP contribution in [-0.4, -0.2) is 25.5 Å². The molecule has 0 spiro atoms. The minimum absolute atomic E-state index is 0.0381. The molecule has 0 amide bonds. The van der Waals surface area contributed by atoms with Crippen LogP contribution in [0.5, 0.6) is 0 Å². The maximum atomic E-state index is 12.4. The molecule has 21 heavy (non-hydrogen) atoms. The monoisotopic (exact) mass is 417 g/mol. The van der Waals surface area contributed by atoms with Crippen molar-refractivity contribution in [2.75, 3.05) is 0 Å². The lowest BCUT2D eigenvalue weighted by atomic mass is 10.1. The number of hydrogen-bond acceptors (Lipinski definition) is 4. The number of rotatable bonds is 5. The molecular formula is C11H14BrCl2N3O3S. The molecule has 0 saturated heterocycles. The van der Waals surface area contributed by atoms with Crippen LogP contribution in [0, 0.1) is 5.92 Å². The Hall–Kier alpha value is -0.540. The highest BCUT2D eigenvalue weighted by Crippen LogP contribution is 2.33. The van der Waals surface area contributed by atoms with Crippen LogP contribution in [0.1, 0.15) is 13.8 Å². The highest BCUT2D eigenvalue weighted by atomic mass is 79.9. The van der Waals surface area contributed by atoms with E-state index in [4.69, 9.17) is 34.1 Å². The van der Waals surface area contributed by atoms with Gasteiger partial charge in [0, 0.05) is 4.47 Å². The second-order valence-corrected chi connectivity index (χ2v) is 7.95. The van der Waals surface area contributed by atoms with Gasteiger partial charge < -0.3 is 10.9 Å². The first-order chi connectivity index (χ1) is 9.60. The van der Waals surface area contributed by atoms with Gasteiger partial charge in [0.2, 0.25) is 10.0 Å². The molecule has 0 aliphatic rings. The zero-order chi connectivity index (χ0) is 16.4. The molecule has 118 valence electrons.